The molecular formula is C16H14F2N2O3S. The molecule has 0 aliphatic rings. The molecule has 0 amide bonds. The molecule has 0 fully saturated rings. The van der Waals surface area contributed by atoms with Gasteiger partial charge in [-0.05, 0) is 29.8 Å². The van der Waals surface area contributed by atoms with E-state index in [-0.39, 0.29) is 22.8 Å². The summed E-state index contributed by atoms with van der Waals surface area (Å²) in [5.41, 5.74) is 0.655. The maximum atomic E-state index is 12.6. The van der Waals surface area contributed by atoms with Gasteiger partial charge >= 0.3 is 6.61 Å². The molecule has 126 valence electrons. The number of sulfonamides is 1. The van der Waals surface area contributed by atoms with E-state index in [4.69, 9.17) is 5.26 Å². The second-order valence-corrected chi connectivity index (χ2v) is 6.90. The van der Waals surface area contributed by atoms with Gasteiger partial charge < -0.3 is 4.74 Å². The maximum absolute atomic E-state index is 12.6. The summed E-state index contributed by atoms with van der Waals surface area (Å²) in [7, 11) is -2.47. The van der Waals surface area contributed by atoms with Gasteiger partial charge in [-0.15, -0.1) is 0 Å². The molecule has 0 bridgehead atoms. The molecule has 0 unspecified atom stereocenters. The van der Waals surface area contributed by atoms with Gasteiger partial charge in [-0.2, -0.15) is 18.3 Å². The van der Waals surface area contributed by atoms with Crippen LogP contribution in [0.4, 0.5) is 8.78 Å². The number of nitrogens with zero attached hydrogens (tertiary/aromatic N) is 2. The summed E-state index contributed by atoms with van der Waals surface area (Å²) in [5.74, 6) is -0.00548. The van der Waals surface area contributed by atoms with E-state index in [2.05, 4.69) is 4.74 Å². The molecule has 0 aliphatic carbocycles. The van der Waals surface area contributed by atoms with E-state index in [1.165, 1.54) is 49.5 Å². The van der Waals surface area contributed by atoms with Crippen LogP contribution in [-0.2, 0) is 16.6 Å². The lowest BCUT2D eigenvalue weighted by Crippen LogP contribution is -2.27. The Morgan fingerprint density at radius 2 is 1.79 bits per heavy atom. The number of halogens is 2. The van der Waals surface area contributed by atoms with Crippen LogP contribution in [0.25, 0.3) is 0 Å². The number of alkyl halides is 2. The molecule has 8 heteroatoms. The van der Waals surface area contributed by atoms with Crippen molar-refractivity contribution in [1.82, 2.24) is 4.31 Å². The molecule has 0 atom stereocenters. The third-order valence-electron chi connectivity index (χ3n) is 3.25. The van der Waals surface area contributed by atoms with Crippen molar-refractivity contribution >= 4 is 10.0 Å². The Morgan fingerprint density at radius 1 is 1.17 bits per heavy atom. The van der Waals surface area contributed by atoms with Gasteiger partial charge in [0.05, 0.1) is 10.5 Å². The number of hydrogen-bond donors (Lipinski definition) is 0. The maximum Gasteiger partial charge on any atom is 0.387 e. The molecule has 2 rings (SSSR count). The summed E-state index contributed by atoms with van der Waals surface area (Å²) >= 11 is 0. The first-order valence-corrected chi connectivity index (χ1v) is 8.28. The van der Waals surface area contributed by atoms with E-state index in [1.807, 2.05) is 6.07 Å². The highest BCUT2D eigenvalue weighted by Gasteiger charge is 2.23. The fourth-order valence-electron chi connectivity index (χ4n) is 2.07. The summed E-state index contributed by atoms with van der Waals surface area (Å²) in [4.78, 5) is -0.0762. The van der Waals surface area contributed by atoms with Crippen LogP contribution in [0.3, 0.4) is 0 Å². The quantitative estimate of drug-likeness (QED) is 0.801. The number of rotatable bonds is 6. The number of nitriles is 1. The van der Waals surface area contributed by atoms with Crippen LogP contribution in [0.15, 0.2) is 53.4 Å². The highest BCUT2D eigenvalue weighted by molar-refractivity contribution is 7.89. The van der Waals surface area contributed by atoms with Gasteiger partial charge in [0.1, 0.15) is 11.8 Å². The second kappa shape index (κ2) is 7.38. The van der Waals surface area contributed by atoms with Crippen molar-refractivity contribution in [2.24, 2.45) is 0 Å². The Bertz CT molecular complexity index is 846. The van der Waals surface area contributed by atoms with E-state index in [0.717, 1.165) is 4.31 Å². The summed E-state index contributed by atoms with van der Waals surface area (Å²) in [6.07, 6.45) is 0. The highest BCUT2D eigenvalue weighted by atomic mass is 32.2. The van der Waals surface area contributed by atoms with Crippen molar-refractivity contribution in [3.63, 3.8) is 0 Å². The zero-order valence-electron chi connectivity index (χ0n) is 12.7. The van der Waals surface area contributed by atoms with Gasteiger partial charge in [0, 0.05) is 13.6 Å². The molecule has 0 heterocycles. The van der Waals surface area contributed by atoms with Gasteiger partial charge in [-0.3, -0.25) is 0 Å². The number of hydrogen-bond acceptors (Lipinski definition) is 4. The van der Waals surface area contributed by atoms with Crippen molar-refractivity contribution in [1.29, 1.82) is 5.26 Å². The summed E-state index contributed by atoms with van der Waals surface area (Å²) < 4.78 is 54.7. The SMILES string of the molecule is CN(Cc1ccc(OC(F)F)cc1)S(=O)(=O)c1ccccc1C#N. The van der Waals surface area contributed by atoms with Crippen LogP contribution in [0.1, 0.15) is 11.1 Å². The molecule has 24 heavy (non-hydrogen) atoms. The van der Waals surface area contributed by atoms with E-state index < -0.39 is 16.6 Å². The first-order chi connectivity index (χ1) is 11.3. The van der Waals surface area contributed by atoms with Crippen molar-refractivity contribution in [2.45, 2.75) is 18.1 Å². The fraction of sp³-hybridized carbons (Fsp3) is 0.188. The minimum atomic E-state index is -3.85. The van der Waals surface area contributed by atoms with Crippen molar-refractivity contribution < 1.29 is 21.9 Å². The molecule has 0 aliphatic heterocycles. The second-order valence-electron chi connectivity index (χ2n) is 4.89. The Hall–Kier alpha value is -2.50. The van der Waals surface area contributed by atoms with Gasteiger partial charge in [0.25, 0.3) is 0 Å². The van der Waals surface area contributed by atoms with Crippen molar-refractivity contribution in [3.05, 3.63) is 59.7 Å². The van der Waals surface area contributed by atoms with E-state index >= 15 is 0 Å². The van der Waals surface area contributed by atoms with E-state index in [1.54, 1.807) is 6.07 Å². The minimum absolute atomic E-state index is 0.00548. The predicted molar refractivity (Wildman–Crippen MR) is 82.9 cm³/mol. The van der Waals surface area contributed by atoms with Gasteiger partial charge in [0.2, 0.25) is 10.0 Å². The van der Waals surface area contributed by atoms with E-state index in [9.17, 15) is 17.2 Å². The van der Waals surface area contributed by atoms with Crippen molar-refractivity contribution in [3.8, 4) is 11.8 Å². The molecule has 0 N–H and O–H groups in total. The topological polar surface area (TPSA) is 70.4 Å². The molecule has 0 aromatic heterocycles. The van der Waals surface area contributed by atoms with Crippen LogP contribution >= 0.6 is 0 Å². The first kappa shape index (κ1) is 17.8. The Labute approximate surface area is 138 Å². The minimum Gasteiger partial charge on any atom is -0.435 e. The molecular weight excluding hydrogens is 338 g/mol. The van der Waals surface area contributed by atoms with E-state index in [0.29, 0.717) is 5.56 Å². The Kier molecular flexibility index (Phi) is 5.49. The standard InChI is InChI=1S/C16H14F2N2O3S/c1-20(11-12-6-8-14(9-7-12)23-16(17)18)24(21,22)15-5-3-2-4-13(15)10-19/h2-9,16H,11H2,1H3. The van der Waals surface area contributed by atoms with Crippen LogP contribution in [0.5, 0.6) is 5.75 Å². The Morgan fingerprint density at radius 3 is 2.38 bits per heavy atom. The lowest BCUT2D eigenvalue weighted by atomic mass is 10.2. The van der Waals surface area contributed by atoms with Crippen LogP contribution in [0, 0.1) is 11.3 Å². The molecule has 0 saturated carbocycles. The fourth-order valence-corrected chi connectivity index (χ4v) is 3.37. The summed E-state index contributed by atoms with van der Waals surface area (Å²) in [5, 5.41) is 9.05. The molecule has 5 nitrogen and oxygen atoms in total. The molecule has 2 aromatic rings. The van der Waals surface area contributed by atoms with Gasteiger partial charge in [-0.25, -0.2) is 8.42 Å². The summed E-state index contributed by atoms with van der Waals surface area (Å²) in [6, 6.07) is 13.4. The molecule has 0 saturated heterocycles. The smallest absolute Gasteiger partial charge is 0.387 e. The lowest BCUT2D eigenvalue weighted by molar-refractivity contribution is -0.0498. The summed E-state index contributed by atoms with van der Waals surface area (Å²) in [6.45, 7) is -2.89. The Balaban J connectivity index is 2.19. The molecule has 0 radical (unpaired) electrons. The average Bonchev–Trinajstić information content (AvgIpc) is 2.56. The number of benzene rings is 2. The first-order valence-electron chi connectivity index (χ1n) is 6.84. The third-order valence-corrected chi connectivity index (χ3v) is 5.11. The van der Waals surface area contributed by atoms with Crippen LogP contribution in [0.2, 0.25) is 0 Å². The molecule has 2 aromatic carbocycles. The third kappa shape index (κ3) is 4.07. The monoisotopic (exact) mass is 352 g/mol. The normalized spacial score (nSPS) is 11.5. The van der Waals surface area contributed by atoms with Crippen LogP contribution in [-0.4, -0.2) is 26.4 Å². The lowest BCUT2D eigenvalue weighted by Gasteiger charge is -2.18. The largest absolute Gasteiger partial charge is 0.435 e. The van der Waals surface area contributed by atoms with Crippen molar-refractivity contribution in [2.75, 3.05) is 7.05 Å². The molecule has 0 spiro atoms. The number of ether oxygens (including phenoxy) is 1. The van der Waals surface area contributed by atoms with Gasteiger partial charge in [-0.1, -0.05) is 24.3 Å². The average molecular weight is 352 g/mol. The zero-order valence-corrected chi connectivity index (χ0v) is 13.5. The predicted octanol–water partition coefficient (Wildman–Crippen LogP) is 2.98. The van der Waals surface area contributed by atoms with Crippen LogP contribution < -0.4 is 4.74 Å². The highest BCUT2D eigenvalue weighted by Crippen LogP contribution is 2.21. The van der Waals surface area contributed by atoms with Gasteiger partial charge in [0.15, 0.2) is 0 Å². The zero-order chi connectivity index (χ0) is 17.7.